The molecule has 0 amide bonds. The van der Waals surface area contributed by atoms with Crippen LogP contribution in [-0.2, 0) is 0 Å². The Morgan fingerprint density at radius 3 is 2.36 bits per heavy atom. The van der Waals surface area contributed by atoms with Crippen molar-refractivity contribution in [2.24, 2.45) is 0 Å². The summed E-state index contributed by atoms with van der Waals surface area (Å²) in [7, 11) is 0. The minimum Gasteiger partial charge on any atom is -0.507 e. The van der Waals surface area contributed by atoms with Crippen molar-refractivity contribution < 1.29 is 18.3 Å². The summed E-state index contributed by atoms with van der Waals surface area (Å²) in [5, 5.41) is 8.76. The highest BCUT2D eigenvalue weighted by Gasteiger charge is 2.36. The second-order valence-corrected chi connectivity index (χ2v) is 3.89. The maximum absolute atomic E-state index is 11.9. The van der Waals surface area contributed by atoms with Crippen LogP contribution in [0.2, 0.25) is 0 Å². The van der Waals surface area contributed by atoms with Crippen LogP contribution in [0, 0.1) is 0 Å². The van der Waals surface area contributed by atoms with Gasteiger partial charge in [0.2, 0.25) is 0 Å². The average Bonchev–Trinajstić information content (AvgIpc) is 1.86. The Hall–Kier alpha value is -0.330. The molecule has 0 fully saturated rings. The number of halogens is 4. The van der Waals surface area contributed by atoms with E-state index in [0.717, 1.165) is 10.2 Å². The first-order valence-corrected chi connectivity index (χ1v) is 5.13. The van der Waals surface area contributed by atoms with Crippen molar-refractivity contribution in [3.63, 3.8) is 0 Å². The Morgan fingerprint density at radius 2 is 2.00 bits per heavy atom. The normalized spacial score (nSPS) is 18.5. The van der Waals surface area contributed by atoms with E-state index in [0.29, 0.717) is 0 Å². The molecule has 0 spiro atoms. The first-order valence-electron chi connectivity index (χ1n) is 2.64. The van der Waals surface area contributed by atoms with Crippen LogP contribution < -0.4 is 0 Å². The van der Waals surface area contributed by atoms with Gasteiger partial charge in [-0.25, -0.2) is 0 Å². The summed E-state index contributed by atoms with van der Waals surface area (Å²) in [5.74, 6) is -0.677. The molecule has 1 aliphatic heterocycles. The Labute approximate surface area is 71.0 Å². The summed E-state index contributed by atoms with van der Waals surface area (Å²) < 4.78 is 38.4. The SMILES string of the molecule is OC1=CC=IC=C1C(F)(F)F. The lowest BCUT2D eigenvalue weighted by Crippen LogP contribution is -2.14. The first-order chi connectivity index (χ1) is 5.02. The minimum atomic E-state index is -4.41. The van der Waals surface area contributed by atoms with Crippen LogP contribution in [0.15, 0.2) is 21.5 Å². The molecule has 1 N–H and O–H groups in total. The Kier molecular flexibility index (Phi) is 2.36. The lowest BCUT2D eigenvalue weighted by molar-refractivity contribution is -0.0920. The zero-order valence-electron chi connectivity index (χ0n) is 5.19. The number of alkyl halides is 3. The van der Waals surface area contributed by atoms with E-state index < -0.39 is 38.2 Å². The van der Waals surface area contributed by atoms with Gasteiger partial charge in [0.15, 0.2) is 0 Å². The standard InChI is InChI=1S/C6H4F3IO/c7-6(8,9)4-3-10-2-1-5(4)11/h1-3,11H. The fourth-order valence-corrected chi connectivity index (χ4v) is 2.34. The number of aliphatic hydroxyl groups is 1. The predicted molar refractivity (Wildman–Crippen MR) is 44.9 cm³/mol. The monoisotopic (exact) mass is 276 g/mol. The third kappa shape index (κ3) is 2.05. The number of aliphatic hydroxyl groups excluding tert-OH is 1. The molecule has 1 aliphatic rings. The molecule has 5 heteroatoms. The second kappa shape index (κ2) is 2.96. The van der Waals surface area contributed by atoms with Gasteiger partial charge in [-0.15, -0.1) is 0 Å². The summed E-state index contributed by atoms with van der Waals surface area (Å²) in [6.45, 7) is 0. The second-order valence-electron chi connectivity index (χ2n) is 1.82. The van der Waals surface area contributed by atoms with Crippen LogP contribution in [0.3, 0.4) is 0 Å². The third-order valence-electron chi connectivity index (χ3n) is 1.05. The molecule has 0 unspecified atom stereocenters. The molecule has 0 aromatic carbocycles. The molecule has 0 aliphatic carbocycles. The van der Waals surface area contributed by atoms with Crippen LogP contribution in [0.4, 0.5) is 13.2 Å². The van der Waals surface area contributed by atoms with Crippen LogP contribution in [0.25, 0.3) is 0 Å². The van der Waals surface area contributed by atoms with E-state index >= 15 is 0 Å². The van der Waals surface area contributed by atoms with Gasteiger partial charge < -0.3 is 5.11 Å². The third-order valence-corrected chi connectivity index (χ3v) is 2.80. The van der Waals surface area contributed by atoms with E-state index in [4.69, 9.17) is 5.11 Å². The summed E-state index contributed by atoms with van der Waals surface area (Å²) in [5.41, 5.74) is -0.896. The zero-order chi connectivity index (χ0) is 8.48. The topological polar surface area (TPSA) is 20.2 Å². The molecule has 0 atom stereocenters. The van der Waals surface area contributed by atoms with Gasteiger partial charge in [-0.05, 0) is 14.2 Å². The van der Waals surface area contributed by atoms with Crippen LogP contribution in [-0.4, -0.2) is 15.3 Å². The van der Waals surface area contributed by atoms with Crippen molar-refractivity contribution in [2.45, 2.75) is 6.18 Å². The van der Waals surface area contributed by atoms with Gasteiger partial charge in [0.05, 0.1) is 0 Å². The molecule has 62 valence electrons. The quantitative estimate of drug-likeness (QED) is 0.674. The van der Waals surface area contributed by atoms with Crippen molar-refractivity contribution in [3.05, 3.63) is 21.5 Å². The molecule has 0 saturated heterocycles. The van der Waals surface area contributed by atoms with Crippen molar-refractivity contribution in [1.29, 1.82) is 0 Å². The number of allylic oxidation sites excluding steroid dienone is 2. The lowest BCUT2D eigenvalue weighted by atomic mass is 10.2. The fraction of sp³-hybridized carbons (Fsp3) is 0.167. The maximum Gasteiger partial charge on any atom is 0.420 e. The van der Waals surface area contributed by atoms with Gasteiger partial charge >= 0.3 is 6.18 Å². The van der Waals surface area contributed by atoms with Gasteiger partial charge in [-0.2, -0.15) is 13.2 Å². The molecule has 0 aromatic heterocycles. The van der Waals surface area contributed by atoms with Crippen LogP contribution in [0.5, 0.6) is 0 Å². The van der Waals surface area contributed by atoms with E-state index in [9.17, 15) is 13.2 Å². The molecule has 0 saturated carbocycles. The number of hydrogen-bond acceptors (Lipinski definition) is 1. The summed E-state index contributed by atoms with van der Waals surface area (Å²) >= 11 is -0.662. The summed E-state index contributed by atoms with van der Waals surface area (Å²) in [6, 6.07) is 0. The van der Waals surface area contributed by atoms with Gasteiger partial charge in [0.1, 0.15) is 11.3 Å². The van der Waals surface area contributed by atoms with Crippen molar-refractivity contribution in [3.8, 4) is 0 Å². The van der Waals surface area contributed by atoms with Crippen molar-refractivity contribution >= 4 is 24.7 Å². The van der Waals surface area contributed by atoms with Crippen LogP contribution in [0.1, 0.15) is 0 Å². The summed E-state index contributed by atoms with van der Waals surface area (Å²) in [4.78, 5) is 0. The molecule has 0 bridgehead atoms. The fourth-order valence-electron chi connectivity index (χ4n) is 0.548. The van der Waals surface area contributed by atoms with E-state index in [1.807, 2.05) is 0 Å². The van der Waals surface area contributed by atoms with Crippen LogP contribution >= 0.6 is 20.7 Å². The molecule has 1 heterocycles. The summed E-state index contributed by atoms with van der Waals surface area (Å²) in [6.07, 6.45) is -3.30. The molecule has 1 rings (SSSR count). The van der Waals surface area contributed by atoms with Crippen molar-refractivity contribution in [2.75, 3.05) is 0 Å². The lowest BCUT2D eigenvalue weighted by Gasteiger charge is -2.10. The largest absolute Gasteiger partial charge is 0.507 e. The smallest absolute Gasteiger partial charge is 0.420 e. The Morgan fingerprint density at radius 1 is 1.36 bits per heavy atom. The van der Waals surface area contributed by atoms with E-state index in [-0.39, 0.29) is 0 Å². The number of rotatable bonds is 0. The maximum atomic E-state index is 11.9. The van der Waals surface area contributed by atoms with E-state index in [1.165, 1.54) is 0 Å². The van der Waals surface area contributed by atoms with Crippen molar-refractivity contribution in [1.82, 2.24) is 0 Å². The molecule has 1 nitrogen and oxygen atoms in total. The molecular weight excluding hydrogens is 272 g/mol. The Bertz CT molecular complexity index is 249. The average molecular weight is 276 g/mol. The predicted octanol–water partition coefficient (Wildman–Crippen LogP) is 2.66. The first kappa shape index (κ1) is 8.76. The van der Waals surface area contributed by atoms with Gasteiger partial charge in [0.25, 0.3) is 0 Å². The minimum absolute atomic E-state index is 0.662. The highest BCUT2D eigenvalue weighted by atomic mass is 127. The van der Waals surface area contributed by atoms with Gasteiger partial charge in [-0.1, -0.05) is 20.7 Å². The van der Waals surface area contributed by atoms with E-state index in [1.54, 1.807) is 4.01 Å². The number of hydrogen-bond donors (Lipinski definition) is 1. The van der Waals surface area contributed by atoms with Gasteiger partial charge in [0, 0.05) is 0 Å². The molecule has 0 aromatic rings. The highest BCUT2D eigenvalue weighted by Crippen LogP contribution is 2.33. The van der Waals surface area contributed by atoms with Gasteiger partial charge in [-0.3, -0.25) is 0 Å². The zero-order valence-corrected chi connectivity index (χ0v) is 7.35. The molecular formula is C6H4F3IO. The Balaban J connectivity index is 2.99. The van der Waals surface area contributed by atoms with E-state index in [2.05, 4.69) is 0 Å². The molecule has 11 heavy (non-hydrogen) atoms. The highest BCUT2D eigenvalue weighted by molar-refractivity contribution is 14.2. The molecule has 0 radical (unpaired) electrons.